The Labute approximate surface area is 354 Å². The summed E-state index contributed by atoms with van der Waals surface area (Å²) in [5.74, 6) is 0.172. The largest absolute Gasteiger partial charge is 0.488 e. The lowest BCUT2D eigenvalue weighted by Crippen LogP contribution is -2.74. The van der Waals surface area contributed by atoms with Gasteiger partial charge in [-0.1, -0.05) is 27.7 Å². The standard InChI is InChI=1S/C47H52N8O6/c1-46(2)44(47(3,4)45(46)61-37-14-7-30(24-48)40-35(37)12-15-38(56)49-40)51-41(58)29-5-8-32(9-6-29)54-18-17-28(26-54)25-52-19-21-53(22-20-52)33-10-11-34-31(23-33)27-55(43(34)60)36-13-16-39(57)50-42(36)59/h5-12,14-15,23,28,36,44-45H,13,16-22,25-27H2,1-4H3,(H,49,56)(H,51,58)(H,50,57,59)/t28-,36-,44?,45?/m0/s1. The van der Waals surface area contributed by atoms with Crippen LogP contribution in [-0.4, -0.2) is 102 Å². The first-order chi connectivity index (χ1) is 29.2. The van der Waals surface area contributed by atoms with Crippen LogP contribution in [0.1, 0.15) is 78.8 Å². The highest BCUT2D eigenvalue weighted by Crippen LogP contribution is 2.56. The number of piperazine rings is 1. The molecule has 3 aromatic carbocycles. The van der Waals surface area contributed by atoms with Crippen LogP contribution < -0.4 is 30.7 Å². The highest BCUT2D eigenvalue weighted by Gasteiger charge is 2.64. The van der Waals surface area contributed by atoms with E-state index in [4.69, 9.17) is 4.74 Å². The maximum atomic E-state index is 13.7. The lowest BCUT2D eigenvalue weighted by atomic mass is 9.49. The zero-order valence-electron chi connectivity index (χ0n) is 35.1. The molecule has 9 rings (SSSR count). The number of aromatic nitrogens is 1. The highest BCUT2D eigenvalue weighted by molar-refractivity contribution is 6.05. The van der Waals surface area contributed by atoms with Crippen LogP contribution in [0, 0.1) is 28.1 Å². The van der Waals surface area contributed by atoms with E-state index in [1.54, 1.807) is 23.1 Å². The minimum Gasteiger partial charge on any atom is -0.488 e. The second kappa shape index (κ2) is 15.4. The van der Waals surface area contributed by atoms with Gasteiger partial charge in [0.25, 0.3) is 11.8 Å². The number of aromatic amines is 1. The van der Waals surface area contributed by atoms with E-state index in [1.807, 2.05) is 36.4 Å². The Morgan fingerprint density at radius 2 is 1.61 bits per heavy atom. The average Bonchev–Trinajstić information content (AvgIpc) is 3.85. The molecule has 4 amide bonds. The summed E-state index contributed by atoms with van der Waals surface area (Å²) >= 11 is 0. The Morgan fingerprint density at radius 3 is 2.33 bits per heavy atom. The number of H-pyrrole nitrogens is 1. The summed E-state index contributed by atoms with van der Waals surface area (Å²) in [6.45, 7) is 15.4. The third kappa shape index (κ3) is 7.28. The number of amides is 4. The quantitative estimate of drug-likeness (QED) is 0.206. The molecule has 0 spiro atoms. The summed E-state index contributed by atoms with van der Waals surface area (Å²) in [5, 5.41) is 15.9. The average molecular weight is 825 g/mol. The molecule has 4 fully saturated rings. The molecular formula is C47H52N8O6. The van der Waals surface area contributed by atoms with Crippen molar-refractivity contribution in [1.82, 2.24) is 25.4 Å². The molecule has 2 atom stereocenters. The second-order valence-corrected chi connectivity index (χ2v) is 18.6. The van der Waals surface area contributed by atoms with Gasteiger partial charge in [0.15, 0.2) is 0 Å². The molecule has 1 aromatic heterocycles. The minimum atomic E-state index is -0.612. The number of carbonyl (C=O) groups excluding carboxylic acids is 4. The number of ether oxygens (including phenoxy) is 1. The molecule has 0 unspecified atom stereocenters. The number of hydrogen-bond acceptors (Lipinski definition) is 10. The van der Waals surface area contributed by atoms with Crippen LogP contribution in [0.2, 0.25) is 0 Å². The highest BCUT2D eigenvalue weighted by atomic mass is 16.5. The van der Waals surface area contributed by atoms with Gasteiger partial charge in [-0.25, -0.2) is 0 Å². The number of nitrogens with zero attached hydrogens (tertiary/aromatic N) is 5. The fourth-order valence-electron chi connectivity index (χ4n) is 10.9. The first-order valence-electron chi connectivity index (χ1n) is 21.3. The van der Waals surface area contributed by atoms with Crippen molar-refractivity contribution in [2.75, 3.05) is 55.6 Å². The van der Waals surface area contributed by atoms with Gasteiger partial charge in [-0.15, -0.1) is 0 Å². The number of anilines is 2. The molecule has 5 heterocycles. The van der Waals surface area contributed by atoms with Crippen molar-refractivity contribution in [3.8, 4) is 11.8 Å². The van der Waals surface area contributed by atoms with Crippen molar-refractivity contribution in [1.29, 1.82) is 5.26 Å². The van der Waals surface area contributed by atoms with E-state index in [2.05, 4.69) is 70.1 Å². The topological polar surface area (TPSA) is 171 Å². The van der Waals surface area contributed by atoms with E-state index in [0.29, 0.717) is 52.2 Å². The number of hydrogen-bond donors (Lipinski definition) is 3. The van der Waals surface area contributed by atoms with Gasteiger partial charge >= 0.3 is 0 Å². The summed E-state index contributed by atoms with van der Waals surface area (Å²) in [5.41, 5.74) is 4.09. The number of benzene rings is 3. The lowest BCUT2D eigenvalue weighted by Gasteiger charge is -2.63. The number of pyridine rings is 1. The Hall–Kier alpha value is -6.20. The lowest BCUT2D eigenvalue weighted by molar-refractivity contribution is -0.163. The van der Waals surface area contributed by atoms with E-state index >= 15 is 0 Å². The smallest absolute Gasteiger partial charge is 0.255 e. The van der Waals surface area contributed by atoms with Crippen molar-refractivity contribution in [3.05, 3.63) is 99.3 Å². The third-order valence-electron chi connectivity index (χ3n) is 13.9. The van der Waals surface area contributed by atoms with Crippen molar-refractivity contribution in [2.24, 2.45) is 16.7 Å². The van der Waals surface area contributed by atoms with Crippen LogP contribution in [0.5, 0.6) is 5.75 Å². The predicted molar refractivity (Wildman–Crippen MR) is 230 cm³/mol. The van der Waals surface area contributed by atoms with Crippen LogP contribution in [0.25, 0.3) is 10.9 Å². The van der Waals surface area contributed by atoms with E-state index in [9.17, 15) is 29.2 Å². The zero-order chi connectivity index (χ0) is 42.8. The van der Waals surface area contributed by atoms with E-state index in [1.165, 1.54) is 6.07 Å². The molecule has 1 saturated carbocycles. The fourth-order valence-corrected chi connectivity index (χ4v) is 10.9. The molecule has 14 nitrogen and oxygen atoms in total. The third-order valence-corrected chi connectivity index (χ3v) is 13.9. The summed E-state index contributed by atoms with van der Waals surface area (Å²) in [4.78, 5) is 74.7. The Morgan fingerprint density at radius 1 is 0.869 bits per heavy atom. The van der Waals surface area contributed by atoms with Gasteiger partial charge in [0.2, 0.25) is 17.4 Å². The molecule has 4 aliphatic heterocycles. The van der Waals surface area contributed by atoms with Gasteiger partial charge in [-0.3, -0.25) is 34.2 Å². The molecule has 3 saturated heterocycles. The molecule has 61 heavy (non-hydrogen) atoms. The predicted octanol–water partition coefficient (Wildman–Crippen LogP) is 4.42. The Bertz CT molecular complexity index is 2520. The Kier molecular flexibility index (Phi) is 10.1. The zero-order valence-corrected chi connectivity index (χ0v) is 35.1. The SMILES string of the molecule is CC1(C)C(NC(=O)c2ccc(N3CC[C@@H](CN4CCN(c5ccc6c(c5)CN([C@H]5CCC(=O)NC5=O)C6=O)CC4)C3)cc2)C(C)(C)C1Oc1ccc(C#N)c2[nH]c(=O)ccc12. The van der Waals surface area contributed by atoms with Crippen molar-refractivity contribution >= 4 is 45.9 Å². The van der Waals surface area contributed by atoms with E-state index < -0.39 is 22.8 Å². The maximum absolute atomic E-state index is 13.7. The summed E-state index contributed by atoms with van der Waals surface area (Å²) in [6.07, 6.45) is 1.46. The molecule has 4 aromatic rings. The van der Waals surface area contributed by atoms with Crippen LogP contribution in [0.15, 0.2) is 71.5 Å². The molecule has 5 aliphatic rings. The molecule has 0 radical (unpaired) electrons. The number of rotatable bonds is 9. The van der Waals surface area contributed by atoms with Crippen LogP contribution in [-0.2, 0) is 16.1 Å². The number of fused-ring (bicyclic) bond motifs is 2. The number of nitrogens with one attached hydrogen (secondary N) is 3. The minimum absolute atomic E-state index is 0.126. The van der Waals surface area contributed by atoms with Gasteiger partial charge in [-0.05, 0) is 85.0 Å². The summed E-state index contributed by atoms with van der Waals surface area (Å²) in [6, 6.07) is 21.8. The van der Waals surface area contributed by atoms with Gasteiger partial charge in [0, 0.05) is 110 Å². The molecular weight excluding hydrogens is 773 g/mol. The van der Waals surface area contributed by atoms with E-state index in [0.717, 1.165) is 69.2 Å². The maximum Gasteiger partial charge on any atom is 0.255 e. The molecule has 0 bridgehead atoms. The summed E-state index contributed by atoms with van der Waals surface area (Å²) < 4.78 is 6.62. The van der Waals surface area contributed by atoms with E-state index in [-0.39, 0.29) is 41.8 Å². The molecule has 1 aliphatic carbocycles. The van der Waals surface area contributed by atoms with Gasteiger partial charge < -0.3 is 29.7 Å². The van der Waals surface area contributed by atoms with Crippen LogP contribution in [0.4, 0.5) is 11.4 Å². The van der Waals surface area contributed by atoms with Crippen molar-refractivity contribution in [3.63, 3.8) is 0 Å². The van der Waals surface area contributed by atoms with Gasteiger partial charge in [0.05, 0.1) is 11.1 Å². The molecule has 14 heteroatoms. The van der Waals surface area contributed by atoms with Gasteiger partial charge in [0.1, 0.15) is 24.0 Å². The monoisotopic (exact) mass is 824 g/mol. The normalized spacial score (nSPS) is 24.6. The summed E-state index contributed by atoms with van der Waals surface area (Å²) in [7, 11) is 0. The first-order valence-corrected chi connectivity index (χ1v) is 21.3. The number of piperidine rings is 1. The Balaban J connectivity index is 0.754. The van der Waals surface area contributed by atoms with Crippen molar-refractivity contribution < 1.29 is 23.9 Å². The van der Waals surface area contributed by atoms with Gasteiger partial charge in [-0.2, -0.15) is 5.26 Å². The number of carbonyl (C=O) groups is 4. The fraction of sp³-hybridized carbons (Fsp3) is 0.447. The van der Waals surface area contributed by atoms with Crippen molar-refractivity contribution in [2.45, 2.75) is 71.7 Å². The molecule has 316 valence electrons. The van der Waals surface area contributed by atoms with Crippen LogP contribution >= 0.6 is 0 Å². The second-order valence-electron chi connectivity index (χ2n) is 18.6. The first kappa shape index (κ1) is 40.2. The van der Waals surface area contributed by atoms with Crippen LogP contribution in [0.3, 0.4) is 0 Å². The molecule has 3 N–H and O–H groups in total. The number of imide groups is 1. The number of nitriles is 1.